The Labute approximate surface area is 179 Å². The Morgan fingerprint density at radius 2 is 1.80 bits per heavy atom. The van der Waals surface area contributed by atoms with E-state index in [2.05, 4.69) is 15.6 Å². The molecule has 1 aliphatic rings. The number of anilines is 2. The van der Waals surface area contributed by atoms with Crippen LogP contribution < -0.4 is 15.5 Å². The van der Waals surface area contributed by atoms with Gasteiger partial charge in [0, 0.05) is 35.3 Å². The fraction of sp³-hybridized carbons (Fsp3) is 0.174. The van der Waals surface area contributed by atoms with Gasteiger partial charge in [-0.25, -0.2) is 4.79 Å². The molecule has 2 heterocycles. The van der Waals surface area contributed by atoms with Crippen molar-refractivity contribution in [3.05, 3.63) is 78.1 Å². The summed E-state index contributed by atoms with van der Waals surface area (Å²) in [5.74, 6) is -0.110. The first-order chi connectivity index (χ1) is 14.6. The highest BCUT2D eigenvalue weighted by Crippen LogP contribution is 2.25. The quantitative estimate of drug-likeness (QED) is 0.641. The summed E-state index contributed by atoms with van der Waals surface area (Å²) in [5, 5.41) is 6.11. The van der Waals surface area contributed by atoms with E-state index in [-0.39, 0.29) is 5.91 Å². The van der Waals surface area contributed by atoms with E-state index < -0.39 is 12.1 Å². The summed E-state index contributed by atoms with van der Waals surface area (Å²) >= 11 is 5.86. The molecule has 7 heteroatoms. The molecule has 1 saturated heterocycles. The SMILES string of the molecule is O=C(Nc1ccc(Cl)cc1)N[C@@H]1CCCN(c2ccc(-c3cccnc3)cc2)C1=O. The monoisotopic (exact) mass is 420 g/mol. The van der Waals surface area contributed by atoms with Crippen LogP contribution in [-0.2, 0) is 4.79 Å². The summed E-state index contributed by atoms with van der Waals surface area (Å²) in [4.78, 5) is 31.2. The normalized spacial score (nSPS) is 16.2. The molecule has 1 atom stereocenters. The zero-order chi connectivity index (χ0) is 20.9. The largest absolute Gasteiger partial charge is 0.326 e. The third kappa shape index (κ3) is 4.60. The van der Waals surface area contributed by atoms with Gasteiger partial charge in [-0.15, -0.1) is 0 Å². The molecule has 152 valence electrons. The van der Waals surface area contributed by atoms with Crippen molar-refractivity contribution >= 4 is 34.9 Å². The zero-order valence-corrected chi connectivity index (χ0v) is 17.0. The highest BCUT2D eigenvalue weighted by molar-refractivity contribution is 6.30. The van der Waals surface area contributed by atoms with Crippen molar-refractivity contribution in [1.82, 2.24) is 10.3 Å². The Kier molecular flexibility index (Phi) is 5.95. The molecule has 1 aliphatic heterocycles. The number of hydrogen-bond acceptors (Lipinski definition) is 3. The Balaban J connectivity index is 1.41. The lowest BCUT2D eigenvalue weighted by atomic mass is 10.0. The van der Waals surface area contributed by atoms with E-state index in [1.807, 2.05) is 36.4 Å². The van der Waals surface area contributed by atoms with Gasteiger partial charge >= 0.3 is 6.03 Å². The van der Waals surface area contributed by atoms with Crippen molar-refractivity contribution in [3.8, 4) is 11.1 Å². The summed E-state index contributed by atoms with van der Waals surface area (Å²) in [7, 11) is 0. The number of pyridine rings is 1. The van der Waals surface area contributed by atoms with E-state index in [9.17, 15) is 9.59 Å². The van der Waals surface area contributed by atoms with Crippen molar-refractivity contribution in [1.29, 1.82) is 0 Å². The number of carbonyl (C=O) groups is 2. The standard InChI is InChI=1S/C23H21ClN4O2/c24-18-7-9-19(10-8-18)26-23(30)27-21-4-2-14-28(22(21)29)20-11-5-16(6-12-20)17-3-1-13-25-15-17/h1,3,5-13,15,21H,2,4,14H2,(H2,26,27,30)/t21-/m1/s1. The van der Waals surface area contributed by atoms with Crippen molar-refractivity contribution in [2.75, 3.05) is 16.8 Å². The number of halogens is 1. The second-order valence-corrected chi connectivity index (χ2v) is 7.52. The van der Waals surface area contributed by atoms with Gasteiger partial charge in [-0.3, -0.25) is 9.78 Å². The molecule has 1 aromatic heterocycles. The van der Waals surface area contributed by atoms with Crippen molar-refractivity contribution in [2.24, 2.45) is 0 Å². The van der Waals surface area contributed by atoms with Crippen LogP contribution in [0, 0.1) is 0 Å². The second-order valence-electron chi connectivity index (χ2n) is 7.08. The Bertz CT molecular complexity index is 1020. The Morgan fingerprint density at radius 1 is 1.03 bits per heavy atom. The van der Waals surface area contributed by atoms with Gasteiger partial charge in [0.05, 0.1) is 0 Å². The minimum absolute atomic E-state index is 0.110. The smallest absolute Gasteiger partial charge is 0.319 e. The van der Waals surface area contributed by atoms with Crippen LogP contribution in [0.3, 0.4) is 0 Å². The average Bonchev–Trinajstić information content (AvgIpc) is 2.78. The van der Waals surface area contributed by atoms with Crippen LogP contribution in [0.5, 0.6) is 0 Å². The molecular formula is C23H21ClN4O2. The summed E-state index contributed by atoms with van der Waals surface area (Å²) in [6.45, 7) is 0.627. The minimum atomic E-state index is -0.566. The van der Waals surface area contributed by atoms with Crippen LogP contribution in [0.25, 0.3) is 11.1 Å². The fourth-order valence-electron chi connectivity index (χ4n) is 3.49. The molecule has 6 nitrogen and oxygen atoms in total. The van der Waals surface area contributed by atoms with Crippen LogP contribution in [0.2, 0.25) is 5.02 Å². The van der Waals surface area contributed by atoms with E-state index in [1.165, 1.54) is 0 Å². The minimum Gasteiger partial charge on any atom is -0.326 e. The van der Waals surface area contributed by atoms with Crippen LogP contribution in [0.15, 0.2) is 73.1 Å². The van der Waals surface area contributed by atoms with Gasteiger partial charge < -0.3 is 15.5 Å². The number of amides is 3. The topological polar surface area (TPSA) is 74.3 Å². The molecular weight excluding hydrogens is 400 g/mol. The predicted molar refractivity (Wildman–Crippen MR) is 119 cm³/mol. The maximum Gasteiger partial charge on any atom is 0.319 e. The average molecular weight is 421 g/mol. The van der Waals surface area contributed by atoms with Crippen molar-refractivity contribution in [2.45, 2.75) is 18.9 Å². The first-order valence-electron chi connectivity index (χ1n) is 9.75. The molecule has 0 saturated carbocycles. The molecule has 0 bridgehead atoms. The van der Waals surface area contributed by atoms with E-state index >= 15 is 0 Å². The number of benzene rings is 2. The predicted octanol–water partition coefficient (Wildman–Crippen LogP) is 4.72. The summed E-state index contributed by atoms with van der Waals surface area (Å²) in [6, 6.07) is 17.5. The summed E-state index contributed by atoms with van der Waals surface area (Å²) in [6.07, 6.45) is 4.96. The van der Waals surface area contributed by atoms with Gasteiger partial charge in [0.2, 0.25) is 5.91 Å². The molecule has 2 aromatic carbocycles. The molecule has 1 fully saturated rings. The molecule has 0 aliphatic carbocycles. The summed E-state index contributed by atoms with van der Waals surface area (Å²) in [5.41, 5.74) is 3.49. The highest BCUT2D eigenvalue weighted by atomic mass is 35.5. The van der Waals surface area contributed by atoms with Gasteiger partial charge in [0.15, 0.2) is 0 Å². The molecule has 30 heavy (non-hydrogen) atoms. The summed E-state index contributed by atoms with van der Waals surface area (Å²) < 4.78 is 0. The maximum absolute atomic E-state index is 13.0. The third-order valence-electron chi connectivity index (χ3n) is 5.02. The first-order valence-corrected chi connectivity index (χ1v) is 10.1. The number of piperidine rings is 1. The number of hydrogen-bond donors (Lipinski definition) is 2. The van der Waals surface area contributed by atoms with Crippen molar-refractivity contribution in [3.63, 3.8) is 0 Å². The molecule has 3 amide bonds. The van der Waals surface area contributed by atoms with Crippen molar-refractivity contribution < 1.29 is 9.59 Å². The van der Waals surface area contributed by atoms with E-state index in [4.69, 9.17) is 11.6 Å². The Morgan fingerprint density at radius 3 is 2.50 bits per heavy atom. The number of carbonyl (C=O) groups excluding carboxylic acids is 2. The molecule has 0 radical (unpaired) electrons. The molecule has 0 unspecified atom stereocenters. The van der Waals surface area contributed by atoms with Crippen LogP contribution in [0.4, 0.5) is 16.2 Å². The van der Waals surface area contributed by atoms with E-state index in [1.54, 1.807) is 41.6 Å². The lowest BCUT2D eigenvalue weighted by molar-refractivity contribution is -0.121. The van der Waals surface area contributed by atoms with Gasteiger partial charge in [-0.2, -0.15) is 0 Å². The lowest BCUT2D eigenvalue weighted by Crippen LogP contribution is -2.53. The van der Waals surface area contributed by atoms with Gasteiger partial charge in [0.25, 0.3) is 0 Å². The van der Waals surface area contributed by atoms with Crippen LogP contribution >= 0.6 is 11.6 Å². The number of nitrogens with zero attached hydrogens (tertiary/aromatic N) is 2. The molecule has 0 spiro atoms. The molecule has 2 N–H and O–H groups in total. The third-order valence-corrected chi connectivity index (χ3v) is 5.27. The first kappa shape index (κ1) is 19.9. The molecule has 3 aromatic rings. The van der Waals surface area contributed by atoms with Crippen LogP contribution in [0.1, 0.15) is 12.8 Å². The zero-order valence-electron chi connectivity index (χ0n) is 16.2. The van der Waals surface area contributed by atoms with Gasteiger partial charge in [0.1, 0.15) is 6.04 Å². The lowest BCUT2D eigenvalue weighted by Gasteiger charge is -2.32. The number of nitrogens with one attached hydrogen (secondary N) is 2. The van der Waals surface area contributed by atoms with E-state index in [0.29, 0.717) is 23.7 Å². The Hall–Kier alpha value is -3.38. The highest BCUT2D eigenvalue weighted by Gasteiger charge is 2.30. The number of rotatable bonds is 4. The fourth-order valence-corrected chi connectivity index (χ4v) is 3.62. The number of urea groups is 1. The van der Waals surface area contributed by atoms with Crippen LogP contribution in [-0.4, -0.2) is 29.5 Å². The second kappa shape index (κ2) is 8.97. The van der Waals surface area contributed by atoms with E-state index in [0.717, 1.165) is 23.2 Å². The maximum atomic E-state index is 13.0. The number of aromatic nitrogens is 1. The molecule has 4 rings (SSSR count). The van der Waals surface area contributed by atoms with Gasteiger partial charge in [-0.1, -0.05) is 29.8 Å². The van der Waals surface area contributed by atoms with Gasteiger partial charge in [-0.05, 0) is 66.4 Å².